The van der Waals surface area contributed by atoms with Crippen LogP contribution in [-0.2, 0) is 16.0 Å². The third kappa shape index (κ3) is 2.00. The van der Waals surface area contributed by atoms with Crippen molar-refractivity contribution in [3.8, 4) is 0 Å². The topological polar surface area (TPSA) is 85.6 Å². The number of rotatable bonds is 4. The average molecular weight is 227 g/mol. The summed E-state index contributed by atoms with van der Waals surface area (Å²) in [5, 5.41) is 11.8. The van der Waals surface area contributed by atoms with Gasteiger partial charge in [0.05, 0.1) is 26.1 Å². The predicted octanol–water partition coefficient (Wildman–Crippen LogP) is -0.00410. The molecule has 16 heavy (non-hydrogen) atoms. The van der Waals surface area contributed by atoms with Crippen LogP contribution in [0.5, 0.6) is 0 Å². The van der Waals surface area contributed by atoms with E-state index in [0.29, 0.717) is 25.6 Å². The number of ether oxygens (including phenoxy) is 2. The highest BCUT2D eigenvalue weighted by atomic mass is 16.7. The molecule has 88 valence electrons. The monoisotopic (exact) mass is 227 g/mol. The standard InChI is InChI=1S/C9H13N3O4/c1-10-8-7(9(13)14)12(5-11-8)4-6-15-2-3-16-6/h5-6,10H,2-4H2,1H3,(H,13,14). The fourth-order valence-corrected chi connectivity index (χ4v) is 1.60. The molecule has 0 aromatic carbocycles. The lowest BCUT2D eigenvalue weighted by Gasteiger charge is -2.11. The van der Waals surface area contributed by atoms with Crippen LogP contribution < -0.4 is 5.32 Å². The van der Waals surface area contributed by atoms with Crippen molar-refractivity contribution < 1.29 is 19.4 Å². The molecule has 7 heteroatoms. The van der Waals surface area contributed by atoms with Crippen molar-refractivity contribution in [2.45, 2.75) is 12.8 Å². The van der Waals surface area contributed by atoms with Gasteiger partial charge in [-0.25, -0.2) is 9.78 Å². The van der Waals surface area contributed by atoms with E-state index < -0.39 is 12.3 Å². The van der Waals surface area contributed by atoms with E-state index in [-0.39, 0.29) is 5.69 Å². The summed E-state index contributed by atoms with van der Waals surface area (Å²) in [5.41, 5.74) is 0.113. The van der Waals surface area contributed by atoms with E-state index in [1.165, 1.54) is 10.9 Å². The van der Waals surface area contributed by atoms with Crippen molar-refractivity contribution in [2.24, 2.45) is 0 Å². The number of nitrogens with zero attached hydrogens (tertiary/aromatic N) is 2. The lowest BCUT2D eigenvalue weighted by molar-refractivity contribution is -0.0528. The molecular weight excluding hydrogens is 214 g/mol. The number of anilines is 1. The first kappa shape index (κ1) is 10.9. The molecule has 2 rings (SSSR count). The third-order valence-electron chi connectivity index (χ3n) is 2.31. The van der Waals surface area contributed by atoms with Crippen molar-refractivity contribution in [3.63, 3.8) is 0 Å². The first-order valence-electron chi connectivity index (χ1n) is 4.91. The van der Waals surface area contributed by atoms with Gasteiger partial charge < -0.3 is 24.5 Å². The Morgan fingerprint density at radius 3 is 2.94 bits per heavy atom. The van der Waals surface area contributed by atoms with Crippen LogP contribution in [0.3, 0.4) is 0 Å². The highest BCUT2D eigenvalue weighted by molar-refractivity contribution is 5.91. The molecule has 1 aromatic heterocycles. The molecule has 2 N–H and O–H groups in total. The quantitative estimate of drug-likeness (QED) is 0.752. The average Bonchev–Trinajstić information content (AvgIpc) is 2.87. The number of aromatic carboxylic acids is 1. The fourth-order valence-electron chi connectivity index (χ4n) is 1.60. The lowest BCUT2D eigenvalue weighted by Crippen LogP contribution is -2.20. The second-order valence-corrected chi connectivity index (χ2v) is 3.32. The smallest absolute Gasteiger partial charge is 0.356 e. The molecular formula is C9H13N3O4. The van der Waals surface area contributed by atoms with Gasteiger partial charge in [-0.05, 0) is 0 Å². The Labute approximate surface area is 92.0 Å². The summed E-state index contributed by atoms with van der Waals surface area (Å²) in [4.78, 5) is 15.0. The predicted molar refractivity (Wildman–Crippen MR) is 54.4 cm³/mol. The van der Waals surface area contributed by atoms with Gasteiger partial charge in [-0.15, -0.1) is 0 Å². The zero-order valence-electron chi connectivity index (χ0n) is 8.84. The van der Waals surface area contributed by atoms with E-state index >= 15 is 0 Å². The highest BCUT2D eigenvalue weighted by Gasteiger charge is 2.22. The number of carbonyl (C=O) groups is 1. The fraction of sp³-hybridized carbons (Fsp3) is 0.556. The summed E-state index contributed by atoms with van der Waals surface area (Å²) in [7, 11) is 1.63. The first-order valence-corrected chi connectivity index (χ1v) is 4.91. The molecule has 1 aliphatic rings. The molecule has 1 aliphatic heterocycles. The van der Waals surface area contributed by atoms with Gasteiger partial charge in [0.25, 0.3) is 0 Å². The number of carboxylic acids is 1. The van der Waals surface area contributed by atoms with E-state index in [1.807, 2.05) is 0 Å². The Bertz CT molecular complexity index is 384. The molecule has 0 spiro atoms. The molecule has 7 nitrogen and oxygen atoms in total. The van der Waals surface area contributed by atoms with Crippen LogP contribution in [0.25, 0.3) is 0 Å². The summed E-state index contributed by atoms with van der Waals surface area (Å²) < 4.78 is 12.0. The summed E-state index contributed by atoms with van der Waals surface area (Å²) in [6.45, 7) is 1.41. The SMILES string of the molecule is CNc1ncn(CC2OCCO2)c1C(=O)O. The molecule has 1 fully saturated rings. The maximum absolute atomic E-state index is 11.1. The molecule has 0 aliphatic carbocycles. The second-order valence-electron chi connectivity index (χ2n) is 3.32. The Balaban J connectivity index is 2.19. The summed E-state index contributed by atoms with van der Waals surface area (Å²) in [6.07, 6.45) is 1.07. The van der Waals surface area contributed by atoms with Crippen LogP contribution in [0.4, 0.5) is 5.82 Å². The first-order chi connectivity index (χ1) is 7.72. The van der Waals surface area contributed by atoms with E-state index in [9.17, 15) is 4.79 Å². The van der Waals surface area contributed by atoms with Crippen LogP contribution in [0.2, 0.25) is 0 Å². The van der Waals surface area contributed by atoms with Gasteiger partial charge in [-0.2, -0.15) is 0 Å². The number of hydrogen-bond acceptors (Lipinski definition) is 5. The van der Waals surface area contributed by atoms with E-state index in [1.54, 1.807) is 7.05 Å². The lowest BCUT2D eigenvalue weighted by atomic mass is 10.4. The molecule has 2 heterocycles. The van der Waals surface area contributed by atoms with Crippen molar-refractivity contribution in [2.75, 3.05) is 25.6 Å². The number of aromatic nitrogens is 2. The van der Waals surface area contributed by atoms with Gasteiger partial charge >= 0.3 is 5.97 Å². The Morgan fingerprint density at radius 2 is 2.38 bits per heavy atom. The number of nitrogens with one attached hydrogen (secondary N) is 1. The normalized spacial score (nSPS) is 16.6. The van der Waals surface area contributed by atoms with Gasteiger partial charge in [0.15, 0.2) is 17.8 Å². The number of imidazole rings is 1. The highest BCUT2D eigenvalue weighted by Crippen LogP contribution is 2.15. The molecule has 0 unspecified atom stereocenters. The van der Waals surface area contributed by atoms with Gasteiger partial charge in [-0.3, -0.25) is 0 Å². The minimum atomic E-state index is -1.03. The molecule has 0 atom stereocenters. The van der Waals surface area contributed by atoms with Crippen molar-refractivity contribution in [3.05, 3.63) is 12.0 Å². The van der Waals surface area contributed by atoms with Crippen LogP contribution in [-0.4, -0.2) is 47.2 Å². The van der Waals surface area contributed by atoms with Crippen molar-refractivity contribution in [1.29, 1.82) is 0 Å². The minimum absolute atomic E-state index is 0.113. The molecule has 0 saturated carbocycles. The van der Waals surface area contributed by atoms with Crippen LogP contribution in [0.15, 0.2) is 6.33 Å². The van der Waals surface area contributed by atoms with Crippen LogP contribution in [0.1, 0.15) is 10.5 Å². The summed E-state index contributed by atoms with van der Waals surface area (Å²) in [5.74, 6) is -0.689. The van der Waals surface area contributed by atoms with Gasteiger partial charge in [0, 0.05) is 7.05 Å². The van der Waals surface area contributed by atoms with Gasteiger partial charge in [0.1, 0.15) is 0 Å². The van der Waals surface area contributed by atoms with Crippen LogP contribution in [0, 0.1) is 0 Å². The Hall–Kier alpha value is -1.60. The second kappa shape index (κ2) is 4.50. The van der Waals surface area contributed by atoms with E-state index in [4.69, 9.17) is 14.6 Å². The minimum Gasteiger partial charge on any atom is -0.476 e. The molecule has 1 aromatic rings. The molecule has 1 saturated heterocycles. The Kier molecular flexibility index (Phi) is 3.07. The molecule has 0 bridgehead atoms. The molecule has 0 radical (unpaired) electrons. The van der Waals surface area contributed by atoms with Gasteiger partial charge in [0.2, 0.25) is 0 Å². The maximum atomic E-state index is 11.1. The number of hydrogen-bond donors (Lipinski definition) is 2. The Morgan fingerprint density at radius 1 is 1.69 bits per heavy atom. The summed E-state index contributed by atoms with van der Waals surface area (Å²) >= 11 is 0. The van der Waals surface area contributed by atoms with E-state index in [2.05, 4.69) is 10.3 Å². The van der Waals surface area contributed by atoms with Crippen LogP contribution >= 0.6 is 0 Å². The largest absolute Gasteiger partial charge is 0.476 e. The third-order valence-corrected chi connectivity index (χ3v) is 2.31. The molecule has 0 amide bonds. The van der Waals surface area contributed by atoms with E-state index in [0.717, 1.165) is 0 Å². The zero-order chi connectivity index (χ0) is 11.5. The van der Waals surface area contributed by atoms with Crippen molar-refractivity contribution >= 4 is 11.8 Å². The van der Waals surface area contributed by atoms with Gasteiger partial charge in [-0.1, -0.05) is 0 Å². The zero-order valence-corrected chi connectivity index (χ0v) is 8.84. The van der Waals surface area contributed by atoms with Crippen molar-refractivity contribution in [1.82, 2.24) is 9.55 Å². The summed E-state index contributed by atoms with van der Waals surface area (Å²) in [6, 6.07) is 0. The number of carboxylic acid groups (broad SMARTS) is 1. The maximum Gasteiger partial charge on any atom is 0.356 e.